The lowest BCUT2D eigenvalue weighted by atomic mass is 10.2. The van der Waals surface area contributed by atoms with Crippen LogP contribution in [-0.4, -0.2) is 50.9 Å². The molecule has 2 aromatic heterocycles. The van der Waals surface area contributed by atoms with E-state index in [9.17, 15) is 4.79 Å². The predicted octanol–water partition coefficient (Wildman–Crippen LogP) is 0.605. The highest BCUT2D eigenvalue weighted by atomic mass is 16.5. The Hall–Kier alpha value is -1.66. The van der Waals surface area contributed by atoms with E-state index in [1.54, 1.807) is 15.3 Å². The summed E-state index contributed by atoms with van der Waals surface area (Å²) in [5.74, 6) is 0. The van der Waals surface area contributed by atoms with Gasteiger partial charge in [-0.25, -0.2) is 9.48 Å². The number of fused-ring (bicyclic) bond motifs is 1. The second-order valence-electron chi connectivity index (χ2n) is 5.45. The highest BCUT2D eigenvalue weighted by Crippen LogP contribution is 2.10. The van der Waals surface area contributed by atoms with Crippen LogP contribution in [0.1, 0.15) is 13.8 Å². The summed E-state index contributed by atoms with van der Waals surface area (Å²) in [5.41, 5.74) is 0.621. The molecule has 6 heteroatoms. The third-order valence-corrected chi connectivity index (χ3v) is 3.61. The van der Waals surface area contributed by atoms with E-state index in [0.29, 0.717) is 12.2 Å². The first kappa shape index (κ1) is 13.3. The molecule has 1 aliphatic rings. The van der Waals surface area contributed by atoms with Crippen molar-refractivity contribution in [1.82, 2.24) is 19.1 Å². The van der Waals surface area contributed by atoms with Gasteiger partial charge in [-0.15, -0.1) is 5.10 Å². The molecule has 2 unspecified atom stereocenters. The third-order valence-electron chi connectivity index (χ3n) is 3.61. The Morgan fingerprint density at radius 3 is 2.70 bits per heavy atom. The molecule has 0 aliphatic carbocycles. The Balaban J connectivity index is 1.71. The number of nitrogens with zero attached hydrogens (tertiary/aromatic N) is 4. The van der Waals surface area contributed by atoms with E-state index in [1.807, 2.05) is 18.2 Å². The molecular formula is C14H20N4O2. The molecule has 108 valence electrons. The molecule has 0 radical (unpaired) electrons. The van der Waals surface area contributed by atoms with Gasteiger partial charge in [0.25, 0.3) is 0 Å². The molecule has 2 aromatic rings. The largest absolute Gasteiger partial charge is 0.373 e. The molecule has 0 bridgehead atoms. The van der Waals surface area contributed by atoms with E-state index in [1.165, 1.54) is 0 Å². The zero-order valence-electron chi connectivity index (χ0n) is 11.9. The number of hydrogen-bond donors (Lipinski definition) is 0. The highest BCUT2D eigenvalue weighted by molar-refractivity contribution is 5.35. The van der Waals surface area contributed by atoms with Gasteiger partial charge in [0.15, 0.2) is 5.65 Å². The van der Waals surface area contributed by atoms with Crippen LogP contribution in [0.5, 0.6) is 0 Å². The van der Waals surface area contributed by atoms with Crippen molar-refractivity contribution in [3.05, 3.63) is 34.9 Å². The fourth-order valence-electron chi connectivity index (χ4n) is 2.82. The summed E-state index contributed by atoms with van der Waals surface area (Å²) in [5, 5.41) is 4.34. The van der Waals surface area contributed by atoms with Crippen molar-refractivity contribution in [2.45, 2.75) is 32.6 Å². The molecule has 0 spiro atoms. The summed E-state index contributed by atoms with van der Waals surface area (Å²) >= 11 is 0. The smallest absolute Gasteiger partial charge is 0.350 e. The van der Waals surface area contributed by atoms with Gasteiger partial charge in [0.2, 0.25) is 0 Å². The summed E-state index contributed by atoms with van der Waals surface area (Å²) in [6.07, 6.45) is 2.24. The molecule has 3 rings (SSSR count). The minimum atomic E-state index is -0.0741. The van der Waals surface area contributed by atoms with Crippen molar-refractivity contribution in [3.8, 4) is 0 Å². The van der Waals surface area contributed by atoms with Gasteiger partial charge in [-0.05, 0) is 26.0 Å². The molecule has 1 fully saturated rings. The topological polar surface area (TPSA) is 51.8 Å². The molecule has 1 saturated heterocycles. The van der Waals surface area contributed by atoms with Gasteiger partial charge in [-0.1, -0.05) is 6.07 Å². The lowest BCUT2D eigenvalue weighted by Crippen LogP contribution is -2.46. The summed E-state index contributed by atoms with van der Waals surface area (Å²) in [6.45, 7) is 7.42. The third kappa shape index (κ3) is 2.62. The number of ether oxygens (including phenoxy) is 1. The summed E-state index contributed by atoms with van der Waals surface area (Å²) in [6, 6.07) is 5.57. The van der Waals surface area contributed by atoms with E-state index < -0.39 is 0 Å². The van der Waals surface area contributed by atoms with Crippen LogP contribution in [0.25, 0.3) is 5.65 Å². The average Bonchev–Trinajstić information content (AvgIpc) is 2.73. The predicted molar refractivity (Wildman–Crippen MR) is 75.9 cm³/mol. The lowest BCUT2D eigenvalue weighted by Gasteiger charge is -2.35. The van der Waals surface area contributed by atoms with Crippen LogP contribution in [0, 0.1) is 0 Å². The number of pyridine rings is 1. The normalized spacial score (nSPS) is 24.3. The number of hydrogen-bond acceptors (Lipinski definition) is 4. The van der Waals surface area contributed by atoms with Crippen molar-refractivity contribution in [2.75, 3.05) is 19.6 Å². The molecule has 0 N–H and O–H groups in total. The van der Waals surface area contributed by atoms with E-state index in [4.69, 9.17) is 4.74 Å². The van der Waals surface area contributed by atoms with E-state index in [0.717, 1.165) is 19.6 Å². The maximum Gasteiger partial charge on any atom is 0.350 e. The second-order valence-corrected chi connectivity index (χ2v) is 5.45. The first-order valence-corrected chi connectivity index (χ1v) is 7.05. The molecule has 2 atom stereocenters. The zero-order valence-corrected chi connectivity index (χ0v) is 11.9. The minimum absolute atomic E-state index is 0.0741. The molecule has 20 heavy (non-hydrogen) atoms. The van der Waals surface area contributed by atoms with E-state index >= 15 is 0 Å². The van der Waals surface area contributed by atoms with Gasteiger partial charge >= 0.3 is 5.69 Å². The highest BCUT2D eigenvalue weighted by Gasteiger charge is 2.22. The van der Waals surface area contributed by atoms with Crippen LogP contribution < -0.4 is 5.69 Å². The van der Waals surface area contributed by atoms with E-state index in [2.05, 4.69) is 23.8 Å². The van der Waals surface area contributed by atoms with Crippen molar-refractivity contribution < 1.29 is 4.74 Å². The van der Waals surface area contributed by atoms with Crippen molar-refractivity contribution >= 4 is 5.65 Å². The fourth-order valence-corrected chi connectivity index (χ4v) is 2.82. The number of morpholine rings is 1. The van der Waals surface area contributed by atoms with Crippen molar-refractivity contribution in [1.29, 1.82) is 0 Å². The fraction of sp³-hybridized carbons (Fsp3) is 0.571. The molecule has 0 saturated carbocycles. The first-order valence-electron chi connectivity index (χ1n) is 7.05. The Morgan fingerprint density at radius 2 is 2.00 bits per heavy atom. The van der Waals surface area contributed by atoms with Crippen LogP contribution in [0.15, 0.2) is 29.2 Å². The van der Waals surface area contributed by atoms with Gasteiger partial charge in [-0.3, -0.25) is 9.30 Å². The number of aromatic nitrogens is 3. The van der Waals surface area contributed by atoms with Gasteiger partial charge in [-0.2, -0.15) is 0 Å². The van der Waals surface area contributed by atoms with Gasteiger partial charge < -0.3 is 4.74 Å². The van der Waals surface area contributed by atoms with Crippen LogP contribution in [0.3, 0.4) is 0 Å². The van der Waals surface area contributed by atoms with Crippen LogP contribution in [0.2, 0.25) is 0 Å². The van der Waals surface area contributed by atoms with Crippen LogP contribution in [-0.2, 0) is 11.3 Å². The monoisotopic (exact) mass is 276 g/mol. The zero-order chi connectivity index (χ0) is 14.1. The SMILES string of the molecule is CC1CN(CCn2nc3ccccn3c2=O)CC(C)O1. The van der Waals surface area contributed by atoms with Gasteiger partial charge in [0.05, 0.1) is 18.8 Å². The summed E-state index contributed by atoms with van der Waals surface area (Å²) < 4.78 is 8.83. The van der Waals surface area contributed by atoms with Gasteiger partial charge in [0, 0.05) is 25.8 Å². The maximum absolute atomic E-state index is 12.2. The summed E-state index contributed by atoms with van der Waals surface area (Å²) in [4.78, 5) is 14.5. The van der Waals surface area contributed by atoms with Crippen molar-refractivity contribution in [2.24, 2.45) is 0 Å². The average molecular weight is 276 g/mol. The maximum atomic E-state index is 12.2. The lowest BCUT2D eigenvalue weighted by molar-refractivity contribution is -0.0687. The molecule has 6 nitrogen and oxygen atoms in total. The molecule has 3 heterocycles. The Morgan fingerprint density at radius 1 is 1.25 bits per heavy atom. The van der Waals surface area contributed by atoms with Crippen molar-refractivity contribution in [3.63, 3.8) is 0 Å². The molecule has 0 aromatic carbocycles. The summed E-state index contributed by atoms with van der Waals surface area (Å²) in [7, 11) is 0. The van der Waals surface area contributed by atoms with Gasteiger partial charge in [0.1, 0.15) is 0 Å². The molecule has 1 aliphatic heterocycles. The van der Waals surface area contributed by atoms with Crippen LogP contribution in [0.4, 0.5) is 0 Å². The first-order chi connectivity index (χ1) is 9.63. The Labute approximate surface area is 117 Å². The molecular weight excluding hydrogens is 256 g/mol. The number of rotatable bonds is 3. The van der Waals surface area contributed by atoms with E-state index in [-0.39, 0.29) is 17.9 Å². The minimum Gasteiger partial charge on any atom is -0.373 e. The second kappa shape index (κ2) is 5.38. The molecule has 0 amide bonds. The van der Waals surface area contributed by atoms with Crippen LogP contribution >= 0.6 is 0 Å². The standard InChI is InChI=1S/C14H20N4O2/c1-11-9-16(10-12(2)20-11)7-8-18-14(19)17-6-4-3-5-13(17)15-18/h3-6,11-12H,7-10H2,1-2H3. The Bertz CT molecular complexity index is 638. The quantitative estimate of drug-likeness (QED) is 0.824. The Kier molecular flexibility index (Phi) is 3.58.